The molecular weight excluding hydrogens is 737 g/mol. The monoisotopic (exact) mass is 790 g/mol. The van der Waals surface area contributed by atoms with Gasteiger partial charge in [0.2, 0.25) is 0 Å². The number of carbonyl (C=O) groups excluding carboxylic acids is 3. The molecule has 0 heterocycles. The number of rotatable bonds is 24. The van der Waals surface area contributed by atoms with Crippen LogP contribution in [0.5, 0.6) is 17.2 Å². The van der Waals surface area contributed by atoms with Crippen LogP contribution in [0.15, 0.2) is 141 Å². The molecule has 0 amide bonds. The van der Waals surface area contributed by atoms with E-state index in [2.05, 4.69) is 46.4 Å². The molecule has 0 aliphatic rings. The molecule has 3 rings (SSSR count). The fourth-order valence-electron chi connectivity index (χ4n) is 4.82. The molecule has 10 nitrogen and oxygen atoms in total. The average Bonchev–Trinajstić information content (AvgIpc) is 3.22. The first kappa shape index (κ1) is 47.5. The summed E-state index contributed by atoms with van der Waals surface area (Å²) in [5.41, 5.74) is 1.95. The maximum Gasteiger partial charge on any atom is 0.343 e. The zero-order valence-electron chi connectivity index (χ0n) is 33.4. The molecule has 0 spiro atoms. The van der Waals surface area contributed by atoms with E-state index in [-0.39, 0.29) is 5.76 Å². The van der Waals surface area contributed by atoms with Gasteiger partial charge in [0.05, 0.1) is 30.9 Å². The van der Waals surface area contributed by atoms with Crippen LogP contribution in [0.3, 0.4) is 0 Å². The number of hydrogen-bond donors (Lipinski definition) is 1. The number of esters is 3. The Bertz CT molecular complexity index is 2020. The Morgan fingerprint density at radius 2 is 1.16 bits per heavy atom. The maximum atomic E-state index is 12.8. The van der Waals surface area contributed by atoms with Gasteiger partial charge in [0.15, 0.2) is 0 Å². The Labute approximate surface area is 341 Å². The summed E-state index contributed by atoms with van der Waals surface area (Å²) in [4.78, 5) is 45.6. The number of carboxylic acid groups (broad SMARTS) is 1. The SMILES string of the molecule is C=CC(=O)O.C=CC(=O)OCCCCCCOc1ccc(C(=O)Oc2cc/c(=C/C(=C)C(=C)/C=C\C(=C)OC(=O)c3ccc(OCCCCCC)cc3)c(=C)c2)cc1. The Balaban J connectivity index is 0.00000218. The first-order valence-corrected chi connectivity index (χ1v) is 19.0. The van der Waals surface area contributed by atoms with E-state index in [4.69, 9.17) is 28.8 Å². The summed E-state index contributed by atoms with van der Waals surface area (Å²) >= 11 is 0. The van der Waals surface area contributed by atoms with E-state index in [0.717, 1.165) is 55.9 Å². The number of benzene rings is 3. The normalized spacial score (nSPS) is 10.7. The molecule has 0 fully saturated rings. The fourth-order valence-corrected chi connectivity index (χ4v) is 4.82. The predicted molar refractivity (Wildman–Crippen MR) is 228 cm³/mol. The zero-order chi connectivity index (χ0) is 42.7. The van der Waals surface area contributed by atoms with Crippen LogP contribution in [0.1, 0.15) is 79.0 Å². The highest BCUT2D eigenvalue weighted by Gasteiger charge is 2.10. The minimum Gasteiger partial charge on any atom is -0.494 e. The number of allylic oxidation sites excluding steroid dienone is 4. The molecule has 0 atom stereocenters. The first-order valence-electron chi connectivity index (χ1n) is 19.0. The molecule has 0 saturated heterocycles. The van der Waals surface area contributed by atoms with Crippen LogP contribution in [0.25, 0.3) is 12.7 Å². The summed E-state index contributed by atoms with van der Waals surface area (Å²) in [6.07, 6.45) is 15.0. The number of hydrogen-bond acceptors (Lipinski definition) is 9. The van der Waals surface area contributed by atoms with Gasteiger partial charge in [0.25, 0.3) is 0 Å². The second-order valence-corrected chi connectivity index (χ2v) is 12.8. The molecule has 0 aliphatic carbocycles. The summed E-state index contributed by atoms with van der Waals surface area (Å²) in [6, 6.07) is 18.7. The smallest absolute Gasteiger partial charge is 0.343 e. The summed E-state index contributed by atoms with van der Waals surface area (Å²) in [5.74, 6) is -0.551. The molecule has 0 saturated carbocycles. The number of unbranched alkanes of at least 4 members (excludes halogenated alkanes) is 6. The van der Waals surface area contributed by atoms with Gasteiger partial charge in [-0.2, -0.15) is 0 Å². The van der Waals surface area contributed by atoms with Gasteiger partial charge < -0.3 is 28.8 Å². The topological polar surface area (TPSA) is 135 Å². The third-order valence-corrected chi connectivity index (χ3v) is 8.10. The minimum atomic E-state index is -0.981. The summed E-state index contributed by atoms with van der Waals surface area (Å²) in [5, 5.41) is 8.99. The number of aliphatic carboxylic acids is 1. The minimum absolute atomic E-state index is 0.153. The van der Waals surface area contributed by atoms with Gasteiger partial charge in [0.1, 0.15) is 23.0 Å². The molecular formula is C48H54O10. The van der Waals surface area contributed by atoms with Gasteiger partial charge in [-0.3, -0.25) is 0 Å². The number of carbonyl (C=O) groups is 4. The summed E-state index contributed by atoms with van der Waals surface area (Å²) < 4.78 is 27.4. The van der Waals surface area contributed by atoms with Crippen LogP contribution in [-0.2, 0) is 19.1 Å². The standard InChI is InChI=1S/C45H50O8.C3H4O2/c1-7-9-10-13-28-49-40-23-18-37(19-24-40)44(47)52-36(6)17-16-33(3)34(4)31-39-22-27-42(32-35(39)5)53-45(48)38-20-25-41(26-21-38)50-29-14-11-12-15-30-51-43(46)8-2;1-2-3(4)5/h8,16-27,31-32H,2-7,9-15,28-30H2,1H3;2H,1H2,(H,4,5)/b17-16-,39-31-;. The van der Waals surface area contributed by atoms with Crippen molar-refractivity contribution in [2.75, 3.05) is 19.8 Å². The van der Waals surface area contributed by atoms with Crippen LogP contribution in [0.4, 0.5) is 0 Å². The van der Waals surface area contributed by atoms with Crippen molar-refractivity contribution >= 4 is 36.5 Å². The molecule has 0 unspecified atom stereocenters. The Hall–Kier alpha value is -6.68. The molecule has 0 aliphatic heterocycles. The van der Waals surface area contributed by atoms with Gasteiger partial charge in [-0.05, 0) is 127 Å². The largest absolute Gasteiger partial charge is 0.494 e. The lowest BCUT2D eigenvalue weighted by molar-refractivity contribution is -0.138. The van der Waals surface area contributed by atoms with Gasteiger partial charge in [-0.25, -0.2) is 19.2 Å². The lowest BCUT2D eigenvalue weighted by Gasteiger charge is -2.08. The third-order valence-electron chi connectivity index (χ3n) is 8.10. The molecule has 3 aromatic rings. The van der Waals surface area contributed by atoms with Crippen molar-refractivity contribution in [3.63, 3.8) is 0 Å². The second kappa shape index (κ2) is 27.0. The van der Waals surface area contributed by atoms with Gasteiger partial charge in [-0.15, -0.1) is 0 Å². The molecule has 10 heteroatoms. The van der Waals surface area contributed by atoms with Crippen molar-refractivity contribution in [3.05, 3.63) is 162 Å². The van der Waals surface area contributed by atoms with E-state index in [1.165, 1.54) is 12.8 Å². The van der Waals surface area contributed by atoms with Crippen molar-refractivity contribution in [2.45, 2.75) is 58.3 Å². The van der Waals surface area contributed by atoms with Gasteiger partial charge in [0, 0.05) is 12.2 Å². The van der Waals surface area contributed by atoms with E-state index in [1.807, 2.05) is 6.08 Å². The Kier molecular flexibility index (Phi) is 22.1. The van der Waals surface area contributed by atoms with Crippen LogP contribution >= 0.6 is 0 Å². The van der Waals surface area contributed by atoms with Crippen molar-refractivity contribution in [1.29, 1.82) is 0 Å². The van der Waals surface area contributed by atoms with E-state index < -0.39 is 23.9 Å². The zero-order valence-corrected chi connectivity index (χ0v) is 33.4. The van der Waals surface area contributed by atoms with E-state index in [9.17, 15) is 19.2 Å². The van der Waals surface area contributed by atoms with Crippen LogP contribution in [-0.4, -0.2) is 48.8 Å². The Morgan fingerprint density at radius 1 is 0.638 bits per heavy atom. The van der Waals surface area contributed by atoms with Crippen LogP contribution < -0.4 is 24.6 Å². The van der Waals surface area contributed by atoms with Crippen molar-refractivity contribution < 1.29 is 48.0 Å². The lowest BCUT2D eigenvalue weighted by atomic mass is 10.1. The summed E-state index contributed by atoms with van der Waals surface area (Å²) in [6.45, 7) is 26.1. The highest BCUT2D eigenvalue weighted by atomic mass is 16.5. The Morgan fingerprint density at radius 3 is 1.67 bits per heavy atom. The van der Waals surface area contributed by atoms with Gasteiger partial charge in [-0.1, -0.05) is 77.8 Å². The molecule has 3 aromatic carbocycles. The molecule has 58 heavy (non-hydrogen) atoms. The highest BCUT2D eigenvalue weighted by Crippen LogP contribution is 2.18. The van der Waals surface area contributed by atoms with Crippen LogP contribution in [0.2, 0.25) is 0 Å². The molecule has 0 radical (unpaired) electrons. The van der Waals surface area contributed by atoms with E-state index in [0.29, 0.717) is 64.6 Å². The average molecular weight is 791 g/mol. The van der Waals surface area contributed by atoms with Crippen molar-refractivity contribution in [2.24, 2.45) is 0 Å². The van der Waals surface area contributed by atoms with Gasteiger partial charge >= 0.3 is 23.9 Å². The quantitative estimate of drug-likeness (QED) is 0.0234. The third kappa shape index (κ3) is 19.3. The number of ether oxygens (including phenoxy) is 5. The highest BCUT2D eigenvalue weighted by molar-refractivity contribution is 5.91. The van der Waals surface area contributed by atoms with Crippen LogP contribution in [0, 0.1) is 0 Å². The molecule has 0 bridgehead atoms. The first-order chi connectivity index (χ1) is 27.9. The maximum absolute atomic E-state index is 12.8. The van der Waals surface area contributed by atoms with Crippen molar-refractivity contribution in [3.8, 4) is 17.2 Å². The van der Waals surface area contributed by atoms with E-state index in [1.54, 1.807) is 78.9 Å². The molecule has 306 valence electrons. The molecule has 0 aromatic heterocycles. The summed E-state index contributed by atoms with van der Waals surface area (Å²) in [7, 11) is 0. The second-order valence-electron chi connectivity index (χ2n) is 12.8. The lowest BCUT2D eigenvalue weighted by Crippen LogP contribution is -2.23. The van der Waals surface area contributed by atoms with E-state index >= 15 is 0 Å². The fraction of sp³-hybridized carbons (Fsp3) is 0.250. The predicted octanol–water partition coefficient (Wildman–Crippen LogP) is 9.02. The molecule has 1 N–H and O–H groups in total. The van der Waals surface area contributed by atoms with Crippen molar-refractivity contribution in [1.82, 2.24) is 0 Å². The number of carboxylic acids is 1.